The van der Waals surface area contributed by atoms with Gasteiger partial charge in [-0.1, -0.05) is 87.9 Å². The molecule has 0 fully saturated rings. The van der Waals surface area contributed by atoms with Crippen LogP contribution in [0.25, 0.3) is 0 Å². The predicted molar refractivity (Wildman–Crippen MR) is 171 cm³/mol. The van der Waals surface area contributed by atoms with Crippen molar-refractivity contribution in [3.05, 3.63) is 119 Å². The van der Waals surface area contributed by atoms with Crippen LogP contribution in [0.3, 0.4) is 0 Å². The van der Waals surface area contributed by atoms with Crippen LogP contribution in [0.1, 0.15) is 73.7 Å². The van der Waals surface area contributed by atoms with E-state index in [1.165, 1.54) is 57.1 Å². The van der Waals surface area contributed by atoms with Gasteiger partial charge in [0.05, 0.1) is 6.04 Å². The summed E-state index contributed by atoms with van der Waals surface area (Å²) < 4.78 is 0. The number of likely N-dealkylation sites (N-methyl/N-ethyl adjacent to an activating group) is 1. The quantitative estimate of drug-likeness (QED) is 0.187. The summed E-state index contributed by atoms with van der Waals surface area (Å²) in [6.45, 7) is 7.85. The van der Waals surface area contributed by atoms with Gasteiger partial charge in [0.15, 0.2) is 0 Å². The second-order valence-corrected chi connectivity index (χ2v) is 12.0. The van der Waals surface area contributed by atoms with Gasteiger partial charge in [-0.15, -0.1) is 11.8 Å². The van der Waals surface area contributed by atoms with Crippen LogP contribution in [0.15, 0.2) is 102 Å². The molecule has 1 aliphatic rings. The lowest BCUT2D eigenvalue weighted by atomic mass is 9.85. The fraction of sp³-hybridized carbons (Fsp3) is 0.333. The summed E-state index contributed by atoms with van der Waals surface area (Å²) in [5.41, 5.74) is 9.58. The zero-order chi connectivity index (χ0) is 27.4. The van der Waals surface area contributed by atoms with Crippen LogP contribution in [-0.2, 0) is 6.42 Å². The Balaban J connectivity index is 1.45. The summed E-state index contributed by atoms with van der Waals surface area (Å²) in [5, 5.41) is 0. The molecule has 0 saturated heterocycles. The lowest BCUT2D eigenvalue weighted by molar-refractivity contribution is 0.566. The molecule has 2 atom stereocenters. The van der Waals surface area contributed by atoms with Crippen molar-refractivity contribution in [2.75, 3.05) is 29.6 Å². The van der Waals surface area contributed by atoms with Crippen LogP contribution in [-0.4, -0.2) is 19.8 Å². The van der Waals surface area contributed by atoms with E-state index >= 15 is 0 Å². The standard InChI is InChI=1S/C36H42N2S/c1-6-7-22-38(31-15-11-14-29(24-31)26(2)3)30-18-16-27(17-19-30)23-34-33-21-20-32(39-5)25-35(33)37(4)36(34)28-12-9-8-10-13-28/h8-21,24-26,34,36H,6-7,22-23H2,1-5H3. The molecule has 0 aromatic heterocycles. The summed E-state index contributed by atoms with van der Waals surface area (Å²) in [4.78, 5) is 6.32. The molecule has 2 nitrogen and oxygen atoms in total. The Morgan fingerprint density at radius 2 is 1.62 bits per heavy atom. The van der Waals surface area contributed by atoms with Gasteiger partial charge < -0.3 is 9.80 Å². The van der Waals surface area contributed by atoms with Gasteiger partial charge in [-0.2, -0.15) is 0 Å². The molecule has 0 spiro atoms. The molecule has 1 heterocycles. The van der Waals surface area contributed by atoms with Crippen LogP contribution in [0.2, 0.25) is 0 Å². The molecular formula is C36H42N2S. The fourth-order valence-electron chi connectivity index (χ4n) is 6.03. The van der Waals surface area contributed by atoms with E-state index in [1.807, 2.05) is 11.8 Å². The molecule has 0 bridgehead atoms. The van der Waals surface area contributed by atoms with Crippen molar-refractivity contribution in [3.8, 4) is 0 Å². The predicted octanol–water partition coefficient (Wildman–Crippen LogP) is 9.99. The number of fused-ring (bicyclic) bond motifs is 1. The number of nitrogens with zero attached hydrogens (tertiary/aromatic N) is 2. The van der Waals surface area contributed by atoms with Gasteiger partial charge in [0.25, 0.3) is 0 Å². The Morgan fingerprint density at radius 3 is 2.31 bits per heavy atom. The van der Waals surface area contributed by atoms with Gasteiger partial charge in [0.1, 0.15) is 0 Å². The maximum Gasteiger partial charge on any atom is 0.0611 e. The number of anilines is 3. The van der Waals surface area contributed by atoms with Crippen LogP contribution in [0.5, 0.6) is 0 Å². The minimum atomic E-state index is 0.331. The fourth-order valence-corrected chi connectivity index (χ4v) is 6.46. The number of hydrogen-bond acceptors (Lipinski definition) is 3. The van der Waals surface area contributed by atoms with Crippen molar-refractivity contribution in [2.24, 2.45) is 0 Å². The molecule has 0 aliphatic carbocycles. The molecule has 0 saturated carbocycles. The largest absolute Gasteiger partial charge is 0.367 e. The van der Waals surface area contributed by atoms with Crippen LogP contribution < -0.4 is 9.80 Å². The minimum absolute atomic E-state index is 0.331. The van der Waals surface area contributed by atoms with E-state index in [0.29, 0.717) is 17.9 Å². The number of rotatable bonds is 10. The van der Waals surface area contributed by atoms with Crippen molar-refractivity contribution < 1.29 is 0 Å². The third-order valence-corrected chi connectivity index (χ3v) is 8.97. The van der Waals surface area contributed by atoms with Crippen molar-refractivity contribution in [1.29, 1.82) is 0 Å². The van der Waals surface area contributed by atoms with E-state index in [1.54, 1.807) is 0 Å². The minimum Gasteiger partial charge on any atom is -0.367 e. The topological polar surface area (TPSA) is 6.48 Å². The zero-order valence-corrected chi connectivity index (χ0v) is 24.9. The van der Waals surface area contributed by atoms with Gasteiger partial charge in [0.2, 0.25) is 0 Å². The molecule has 4 aromatic carbocycles. The van der Waals surface area contributed by atoms with Gasteiger partial charge >= 0.3 is 0 Å². The first-order valence-corrected chi connectivity index (χ1v) is 15.6. The first-order chi connectivity index (χ1) is 19.0. The third kappa shape index (κ3) is 5.89. The Kier molecular flexibility index (Phi) is 8.67. The van der Waals surface area contributed by atoms with Gasteiger partial charge in [0, 0.05) is 41.5 Å². The van der Waals surface area contributed by atoms with Crippen molar-refractivity contribution >= 4 is 28.8 Å². The highest BCUT2D eigenvalue weighted by Gasteiger charge is 2.37. The maximum atomic E-state index is 2.50. The highest BCUT2D eigenvalue weighted by atomic mass is 32.2. The summed E-state index contributed by atoms with van der Waals surface area (Å²) in [6.07, 6.45) is 5.54. The summed E-state index contributed by atoms with van der Waals surface area (Å²) in [6, 6.07) is 36.9. The zero-order valence-electron chi connectivity index (χ0n) is 24.1. The molecule has 0 radical (unpaired) electrons. The lowest BCUT2D eigenvalue weighted by Gasteiger charge is -2.28. The third-order valence-electron chi connectivity index (χ3n) is 8.24. The number of benzene rings is 4. The summed E-state index contributed by atoms with van der Waals surface area (Å²) in [7, 11) is 2.26. The second kappa shape index (κ2) is 12.3. The van der Waals surface area contributed by atoms with E-state index in [9.17, 15) is 0 Å². The van der Waals surface area contributed by atoms with Crippen molar-refractivity contribution in [2.45, 2.75) is 62.8 Å². The van der Waals surface area contributed by atoms with E-state index in [-0.39, 0.29) is 0 Å². The lowest BCUT2D eigenvalue weighted by Crippen LogP contribution is -2.23. The molecular weight excluding hydrogens is 492 g/mol. The molecule has 3 heteroatoms. The van der Waals surface area contributed by atoms with Crippen LogP contribution in [0, 0.1) is 0 Å². The van der Waals surface area contributed by atoms with Crippen LogP contribution >= 0.6 is 11.8 Å². The van der Waals surface area contributed by atoms with Gasteiger partial charge in [-0.05, 0) is 83.7 Å². The molecule has 2 unspecified atom stereocenters. The van der Waals surface area contributed by atoms with Crippen molar-refractivity contribution in [3.63, 3.8) is 0 Å². The number of hydrogen-bond donors (Lipinski definition) is 0. The van der Waals surface area contributed by atoms with Crippen LogP contribution in [0.4, 0.5) is 17.1 Å². The van der Waals surface area contributed by atoms with E-state index in [0.717, 1.165) is 13.0 Å². The molecule has 4 aromatic rings. The normalized spacial score (nSPS) is 16.5. The Labute approximate surface area is 240 Å². The Bertz CT molecular complexity index is 1360. The molecule has 202 valence electrons. The summed E-state index contributed by atoms with van der Waals surface area (Å²) >= 11 is 1.82. The van der Waals surface area contributed by atoms with Gasteiger partial charge in [-0.3, -0.25) is 0 Å². The average molecular weight is 535 g/mol. The van der Waals surface area contributed by atoms with Crippen molar-refractivity contribution in [1.82, 2.24) is 0 Å². The monoisotopic (exact) mass is 534 g/mol. The first kappa shape index (κ1) is 27.4. The molecule has 1 aliphatic heterocycles. The molecule has 39 heavy (non-hydrogen) atoms. The molecule has 5 rings (SSSR count). The second-order valence-electron chi connectivity index (χ2n) is 11.1. The van der Waals surface area contributed by atoms with E-state index in [2.05, 4.69) is 141 Å². The molecule has 0 N–H and O–H groups in total. The highest BCUT2D eigenvalue weighted by molar-refractivity contribution is 7.98. The van der Waals surface area contributed by atoms with E-state index < -0.39 is 0 Å². The summed E-state index contributed by atoms with van der Waals surface area (Å²) in [5.74, 6) is 0.936. The molecule has 0 amide bonds. The smallest absolute Gasteiger partial charge is 0.0611 e. The highest BCUT2D eigenvalue weighted by Crippen LogP contribution is 2.50. The average Bonchev–Trinajstić information content (AvgIpc) is 3.24. The van der Waals surface area contributed by atoms with Gasteiger partial charge in [-0.25, -0.2) is 0 Å². The first-order valence-electron chi connectivity index (χ1n) is 14.4. The maximum absolute atomic E-state index is 2.50. The van der Waals surface area contributed by atoms with E-state index in [4.69, 9.17) is 0 Å². The number of unbranched alkanes of at least 4 members (excludes halogenated alkanes) is 1. The SMILES string of the molecule is CCCCN(c1ccc(CC2c3ccc(SC)cc3N(C)C2c2ccccc2)cc1)c1cccc(C(C)C)c1. The Morgan fingerprint density at radius 1 is 0.846 bits per heavy atom. The number of thioether (sulfide) groups is 1. The Hall–Kier alpha value is -3.17.